The molecular weight excluding hydrogens is 338 g/mol. The Balaban J connectivity index is 1.72. The predicted molar refractivity (Wildman–Crippen MR) is 109 cm³/mol. The molecule has 0 atom stereocenters. The van der Waals surface area contributed by atoms with Crippen LogP contribution >= 0.6 is 0 Å². The molecule has 27 heavy (non-hydrogen) atoms. The minimum absolute atomic E-state index is 0.000396. The van der Waals surface area contributed by atoms with Crippen molar-refractivity contribution in [1.82, 2.24) is 4.90 Å². The lowest BCUT2D eigenvalue weighted by Gasteiger charge is -2.30. The van der Waals surface area contributed by atoms with E-state index in [1.807, 2.05) is 74.1 Å². The highest BCUT2D eigenvalue weighted by atomic mass is 16.2. The summed E-state index contributed by atoms with van der Waals surface area (Å²) in [5.74, 6) is 0.0434. The number of rotatable bonds is 4. The third-order valence-corrected chi connectivity index (χ3v) is 4.93. The van der Waals surface area contributed by atoms with E-state index in [1.54, 1.807) is 0 Å². The van der Waals surface area contributed by atoms with Crippen LogP contribution in [-0.4, -0.2) is 37.4 Å². The van der Waals surface area contributed by atoms with Crippen molar-refractivity contribution >= 4 is 23.2 Å². The van der Waals surface area contributed by atoms with Crippen molar-refractivity contribution in [3.63, 3.8) is 0 Å². The van der Waals surface area contributed by atoms with Crippen molar-refractivity contribution in [3.05, 3.63) is 59.2 Å². The second-order valence-corrected chi connectivity index (χ2v) is 7.54. The van der Waals surface area contributed by atoms with Gasteiger partial charge in [-0.3, -0.25) is 9.59 Å². The average molecular weight is 365 g/mol. The molecule has 2 aromatic carbocycles. The zero-order valence-electron chi connectivity index (χ0n) is 16.5. The molecule has 142 valence electrons. The molecule has 1 N–H and O–H groups in total. The maximum atomic E-state index is 12.5. The van der Waals surface area contributed by atoms with Gasteiger partial charge in [0.15, 0.2) is 0 Å². The van der Waals surface area contributed by atoms with Crippen LogP contribution in [0.25, 0.3) is 0 Å². The third kappa shape index (κ3) is 4.30. The fraction of sp³-hybridized carbons (Fsp3) is 0.364. The molecule has 0 aromatic heterocycles. The molecule has 0 saturated carbocycles. The highest BCUT2D eigenvalue weighted by molar-refractivity contribution is 6.04. The van der Waals surface area contributed by atoms with Crippen molar-refractivity contribution in [3.8, 4) is 0 Å². The Bertz CT molecular complexity index is 841. The molecule has 0 radical (unpaired) electrons. The third-order valence-electron chi connectivity index (χ3n) is 4.93. The number of hydrogen-bond acceptors (Lipinski definition) is 3. The summed E-state index contributed by atoms with van der Waals surface area (Å²) in [4.78, 5) is 28.7. The molecule has 3 rings (SSSR count). The SMILES string of the molecule is CC(C)C(=O)N1CCc2ccc(NC(=O)c3ccc(N(C)C)cc3)cc2C1. The van der Waals surface area contributed by atoms with Crippen LogP contribution < -0.4 is 10.2 Å². The molecular formula is C22H27N3O2. The van der Waals surface area contributed by atoms with Crippen molar-refractivity contribution in [2.24, 2.45) is 5.92 Å². The number of nitrogens with one attached hydrogen (secondary N) is 1. The summed E-state index contributed by atoms with van der Waals surface area (Å²) in [7, 11) is 3.94. The normalized spacial score (nSPS) is 13.3. The predicted octanol–water partition coefficient (Wildman–Crippen LogP) is 3.55. The lowest BCUT2D eigenvalue weighted by molar-refractivity contribution is -0.135. The van der Waals surface area contributed by atoms with Crippen LogP contribution in [0.4, 0.5) is 11.4 Å². The molecule has 1 aliphatic rings. The fourth-order valence-corrected chi connectivity index (χ4v) is 3.30. The van der Waals surface area contributed by atoms with Gasteiger partial charge in [-0.1, -0.05) is 19.9 Å². The number of hydrogen-bond donors (Lipinski definition) is 1. The Morgan fingerprint density at radius 2 is 1.74 bits per heavy atom. The molecule has 2 amide bonds. The van der Waals surface area contributed by atoms with E-state index in [2.05, 4.69) is 11.4 Å². The van der Waals surface area contributed by atoms with E-state index < -0.39 is 0 Å². The number of benzene rings is 2. The topological polar surface area (TPSA) is 52.7 Å². The van der Waals surface area contributed by atoms with Gasteiger partial charge in [0, 0.05) is 50.0 Å². The van der Waals surface area contributed by atoms with Gasteiger partial charge in [-0.05, 0) is 53.9 Å². The van der Waals surface area contributed by atoms with Crippen molar-refractivity contribution < 1.29 is 9.59 Å². The first kappa shape index (κ1) is 19.0. The average Bonchev–Trinajstić information content (AvgIpc) is 2.66. The van der Waals surface area contributed by atoms with Gasteiger partial charge in [-0.2, -0.15) is 0 Å². The fourth-order valence-electron chi connectivity index (χ4n) is 3.30. The van der Waals surface area contributed by atoms with E-state index in [9.17, 15) is 9.59 Å². The first-order chi connectivity index (χ1) is 12.8. The molecule has 5 heteroatoms. The smallest absolute Gasteiger partial charge is 0.255 e. The summed E-state index contributed by atoms with van der Waals surface area (Å²) in [6.07, 6.45) is 0.855. The van der Waals surface area contributed by atoms with Gasteiger partial charge < -0.3 is 15.1 Å². The first-order valence-corrected chi connectivity index (χ1v) is 9.34. The lowest BCUT2D eigenvalue weighted by Crippen LogP contribution is -2.38. The van der Waals surface area contributed by atoms with E-state index in [1.165, 1.54) is 5.56 Å². The van der Waals surface area contributed by atoms with Gasteiger partial charge in [0.05, 0.1) is 0 Å². The summed E-state index contributed by atoms with van der Waals surface area (Å²) in [6.45, 7) is 5.22. The summed E-state index contributed by atoms with van der Waals surface area (Å²) in [5, 5.41) is 2.97. The Labute approximate surface area is 161 Å². The quantitative estimate of drug-likeness (QED) is 0.902. The summed E-state index contributed by atoms with van der Waals surface area (Å²) < 4.78 is 0. The van der Waals surface area contributed by atoms with Crippen LogP contribution in [-0.2, 0) is 17.8 Å². The molecule has 5 nitrogen and oxygen atoms in total. The number of fused-ring (bicyclic) bond motifs is 1. The van der Waals surface area contributed by atoms with Crippen LogP contribution in [0.3, 0.4) is 0 Å². The minimum Gasteiger partial charge on any atom is -0.378 e. The zero-order valence-corrected chi connectivity index (χ0v) is 16.5. The second kappa shape index (κ2) is 7.82. The second-order valence-electron chi connectivity index (χ2n) is 7.54. The number of anilines is 2. The van der Waals surface area contributed by atoms with Gasteiger partial charge in [-0.15, -0.1) is 0 Å². The van der Waals surface area contributed by atoms with Crippen LogP contribution in [0.5, 0.6) is 0 Å². The lowest BCUT2D eigenvalue weighted by atomic mass is 9.98. The number of amides is 2. The highest BCUT2D eigenvalue weighted by Crippen LogP contribution is 2.24. The van der Waals surface area contributed by atoms with Gasteiger partial charge in [0.25, 0.3) is 5.91 Å². The maximum Gasteiger partial charge on any atom is 0.255 e. The van der Waals surface area contributed by atoms with Gasteiger partial charge in [0.1, 0.15) is 0 Å². The maximum absolute atomic E-state index is 12.5. The largest absolute Gasteiger partial charge is 0.378 e. The Morgan fingerprint density at radius 3 is 2.37 bits per heavy atom. The molecule has 0 fully saturated rings. The summed E-state index contributed by atoms with van der Waals surface area (Å²) in [6, 6.07) is 13.5. The molecule has 0 saturated heterocycles. The van der Waals surface area contributed by atoms with Crippen molar-refractivity contribution in [2.75, 3.05) is 30.9 Å². The highest BCUT2D eigenvalue weighted by Gasteiger charge is 2.22. The molecule has 0 aliphatic carbocycles. The van der Waals surface area contributed by atoms with Gasteiger partial charge >= 0.3 is 0 Å². The number of nitrogens with zero attached hydrogens (tertiary/aromatic N) is 2. The molecule has 1 heterocycles. The van der Waals surface area contributed by atoms with E-state index >= 15 is 0 Å². The van der Waals surface area contributed by atoms with Gasteiger partial charge in [0.2, 0.25) is 5.91 Å². The minimum atomic E-state index is -0.133. The Morgan fingerprint density at radius 1 is 1.04 bits per heavy atom. The van der Waals surface area contributed by atoms with Crippen molar-refractivity contribution in [2.45, 2.75) is 26.8 Å². The standard InChI is InChI=1S/C22H27N3O2/c1-15(2)22(27)25-12-11-16-5-8-19(13-18(16)14-25)23-21(26)17-6-9-20(10-7-17)24(3)4/h5-10,13,15H,11-12,14H2,1-4H3,(H,23,26). The van der Waals surface area contributed by atoms with E-state index in [0.29, 0.717) is 12.1 Å². The Hall–Kier alpha value is -2.82. The summed E-state index contributed by atoms with van der Waals surface area (Å²) >= 11 is 0. The molecule has 0 unspecified atom stereocenters. The molecule has 0 spiro atoms. The Kier molecular flexibility index (Phi) is 5.49. The van der Waals surface area contributed by atoms with Crippen LogP contribution in [0, 0.1) is 5.92 Å². The van der Waals surface area contributed by atoms with Gasteiger partial charge in [-0.25, -0.2) is 0 Å². The molecule has 1 aliphatic heterocycles. The van der Waals surface area contributed by atoms with E-state index in [0.717, 1.165) is 29.9 Å². The number of carbonyl (C=O) groups is 2. The van der Waals surface area contributed by atoms with Crippen LogP contribution in [0.15, 0.2) is 42.5 Å². The zero-order chi connectivity index (χ0) is 19.6. The monoisotopic (exact) mass is 365 g/mol. The van der Waals surface area contributed by atoms with Crippen LogP contribution in [0.1, 0.15) is 35.3 Å². The van der Waals surface area contributed by atoms with Crippen molar-refractivity contribution in [1.29, 1.82) is 0 Å². The number of carbonyl (C=O) groups excluding carboxylic acids is 2. The van der Waals surface area contributed by atoms with E-state index in [-0.39, 0.29) is 17.7 Å². The van der Waals surface area contributed by atoms with Crippen LogP contribution in [0.2, 0.25) is 0 Å². The molecule has 2 aromatic rings. The first-order valence-electron chi connectivity index (χ1n) is 9.34. The summed E-state index contributed by atoms with van der Waals surface area (Å²) in [5.41, 5.74) is 4.78. The van der Waals surface area contributed by atoms with E-state index in [4.69, 9.17) is 0 Å². The molecule has 0 bridgehead atoms.